The van der Waals surface area contributed by atoms with Gasteiger partial charge in [-0.3, -0.25) is 9.59 Å². The Morgan fingerprint density at radius 3 is 2.41 bits per heavy atom. The van der Waals surface area contributed by atoms with Crippen LogP contribution in [0.25, 0.3) is 0 Å². The average molecular weight is 438 g/mol. The number of nitriles is 1. The van der Waals surface area contributed by atoms with Crippen LogP contribution in [0.2, 0.25) is 0 Å². The summed E-state index contributed by atoms with van der Waals surface area (Å²) in [5, 5.41) is 8.77. The lowest BCUT2D eigenvalue weighted by Gasteiger charge is -2.37. The minimum absolute atomic E-state index is 0.0214. The Balaban J connectivity index is 1.80. The molecule has 3 rings (SSSR count). The van der Waals surface area contributed by atoms with Gasteiger partial charge >= 0.3 is 5.97 Å². The number of rotatable bonds is 8. The molecule has 0 saturated heterocycles. The molecular formula is C24H26N2O6. The van der Waals surface area contributed by atoms with Gasteiger partial charge in [0.25, 0.3) is 5.91 Å². The number of methoxy groups -OCH3 is 3. The van der Waals surface area contributed by atoms with Gasteiger partial charge in [0, 0.05) is 6.54 Å². The van der Waals surface area contributed by atoms with Gasteiger partial charge < -0.3 is 23.8 Å². The van der Waals surface area contributed by atoms with E-state index in [1.807, 2.05) is 12.1 Å². The van der Waals surface area contributed by atoms with Crippen LogP contribution in [0.3, 0.4) is 0 Å². The first-order chi connectivity index (χ1) is 15.5. The van der Waals surface area contributed by atoms with Crippen molar-refractivity contribution in [3.05, 3.63) is 53.1 Å². The van der Waals surface area contributed by atoms with Gasteiger partial charge in [-0.2, -0.15) is 5.26 Å². The minimum atomic E-state index is -0.500. The molecule has 1 aliphatic heterocycles. The molecule has 1 atom stereocenters. The standard InChI is InChI=1S/C24H26N2O6/c1-29-21-12-17-9-11-26(20(14-24(28)31-3)19(17)13-22(21)30-2)23(27)15-32-18-6-4-16(5-7-18)8-10-25/h4-7,12-13,20H,8-9,11,14-15H2,1-3H3. The van der Waals surface area contributed by atoms with E-state index in [-0.39, 0.29) is 18.9 Å². The van der Waals surface area contributed by atoms with Crippen LogP contribution in [-0.4, -0.2) is 51.3 Å². The molecule has 0 fully saturated rings. The highest BCUT2D eigenvalue weighted by Gasteiger charge is 2.34. The summed E-state index contributed by atoms with van der Waals surface area (Å²) in [7, 11) is 4.44. The molecule has 0 spiro atoms. The lowest BCUT2D eigenvalue weighted by molar-refractivity contribution is -0.144. The number of benzene rings is 2. The molecule has 8 heteroatoms. The molecule has 0 N–H and O–H groups in total. The number of carbonyl (C=O) groups is 2. The van der Waals surface area contributed by atoms with Crippen LogP contribution in [0.4, 0.5) is 0 Å². The van der Waals surface area contributed by atoms with Gasteiger partial charge in [0.15, 0.2) is 18.1 Å². The zero-order chi connectivity index (χ0) is 23.1. The van der Waals surface area contributed by atoms with Crippen molar-refractivity contribution >= 4 is 11.9 Å². The molecule has 0 aliphatic carbocycles. The Bertz CT molecular complexity index is 1010. The molecule has 2 aromatic rings. The van der Waals surface area contributed by atoms with Gasteiger partial charge in [-0.25, -0.2) is 0 Å². The number of hydrogen-bond donors (Lipinski definition) is 0. The van der Waals surface area contributed by atoms with E-state index in [0.717, 1.165) is 16.7 Å². The van der Waals surface area contributed by atoms with E-state index in [0.29, 0.717) is 36.6 Å². The second kappa shape index (κ2) is 10.5. The number of fused-ring (bicyclic) bond motifs is 1. The monoisotopic (exact) mass is 438 g/mol. The number of ether oxygens (including phenoxy) is 4. The van der Waals surface area contributed by atoms with Gasteiger partial charge in [0.1, 0.15) is 5.75 Å². The van der Waals surface area contributed by atoms with Crippen molar-refractivity contribution in [3.8, 4) is 23.3 Å². The first-order valence-electron chi connectivity index (χ1n) is 10.2. The largest absolute Gasteiger partial charge is 0.493 e. The summed E-state index contributed by atoms with van der Waals surface area (Å²) in [6.45, 7) is 0.269. The van der Waals surface area contributed by atoms with E-state index < -0.39 is 12.0 Å². The molecular weight excluding hydrogens is 412 g/mol. The first-order valence-corrected chi connectivity index (χ1v) is 10.2. The Hall–Kier alpha value is -3.73. The summed E-state index contributed by atoms with van der Waals surface area (Å²) in [6, 6.07) is 12.3. The van der Waals surface area contributed by atoms with Crippen molar-refractivity contribution in [1.82, 2.24) is 4.90 Å². The Labute approximate surface area is 187 Å². The zero-order valence-corrected chi connectivity index (χ0v) is 18.4. The van der Waals surface area contributed by atoms with Crippen molar-refractivity contribution in [1.29, 1.82) is 5.26 Å². The zero-order valence-electron chi connectivity index (χ0n) is 18.4. The fourth-order valence-corrected chi connectivity index (χ4v) is 3.81. The Morgan fingerprint density at radius 2 is 1.78 bits per heavy atom. The average Bonchev–Trinajstić information content (AvgIpc) is 2.82. The number of carbonyl (C=O) groups excluding carboxylic acids is 2. The summed E-state index contributed by atoms with van der Waals surface area (Å²) in [4.78, 5) is 26.8. The van der Waals surface area contributed by atoms with Crippen molar-refractivity contribution in [2.45, 2.75) is 25.3 Å². The molecule has 0 radical (unpaired) electrons. The number of hydrogen-bond acceptors (Lipinski definition) is 7. The summed E-state index contributed by atoms with van der Waals surface area (Å²) in [5.41, 5.74) is 2.70. The number of nitrogens with zero attached hydrogens (tertiary/aromatic N) is 2. The molecule has 32 heavy (non-hydrogen) atoms. The lowest BCUT2D eigenvalue weighted by atomic mass is 9.90. The van der Waals surface area contributed by atoms with E-state index in [2.05, 4.69) is 6.07 Å². The molecule has 0 bridgehead atoms. The minimum Gasteiger partial charge on any atom is -0.493 e. The van der Waals surface area contributed by atoms with Gasteiger partial charge in [0.05, 0.1) is 46.3 Å². The molecule has 8 nitrogen and oxygen atoms in total. The second-order valence-electron chi connectivity index (χ2n) is 7.31. The third-order valence-corrected chi connectivity index (χ3v) is 5.48. The predicted octanol–water partition coefficient (Wildman–Crippen LogP) is 2.84. The summed E-state index contributed by atoms with van der Waals surface area (Å²) in [6.07, 6.45) is 0.950. The fraction of sp³-hybridized carbons (Fsp3) is 0.375. The van der Waals surface area contributed by atoms with Crippen LogP contribution in [0.15, 0.2) is 36.4 Å². The van der Waals surface area contributed by atoms with Gasteiger partial charge in [-0.05, 0) is 47.4 Å². The molecule has 1 unspecified atom stereocenters. The van der Waals surface area contributed by atoms with Crippen LogP contribution < -0.4 is 14.2 Å². The van der Waals surface area contributed by atoms with Crippen LogP contribution in [-0.2, 0) is 27.2 Å². The second-order valence-corrected chi connectivity index (χ2v) is 7.31. The van der Waals surface area contributed by atoms with Crippen molar-refractivity contribution in [2.24, 2.45) is 0 Å². The summed E-state index contributed by atoms with van der Waals surface area (Å²) in [5.74, 6) is 1.02. The van der Waals surface area contributed by atoms with Crippen LogP contribution in [0.1, 0.15) is 29.2 Å². The highest BCUT2D eigenvalue weighted by molar-refractivity contribution is 5.80. The molecule has 0 saturated carbocycles. The van der Waals surface area contributed by atoms with Crippen molar-refractivity contribution in [2.75, 3.05) is 34.5 Å². The summed E-state index contributed by atoms with van der Waals surface area (Å²) >= 11 is 0. The molecule has 2 aromatic carbocycles. The molecule has 1 amide bonds. The van der Waals surface area contributed by atoms with E-state index in [1.54, 1.807) is 43.4 Å². The third kappa shape index (κ3) is 5.11. The van der Waals surface area contributed by atoms with E-state index in [4.69, 9.17) is 24.2 Å². The predicted molar refractivity (Wildman–Crippen MR) is 116 cm³/mol. The Kier molecular flexibility index (Phi) is 7.55. The van der Waals surface area contributed by atoms with E-state index >= 15 is 0 Å². The van der Waals surface area contributed by atoms with Crippen LogP contribution >= 0.6 is 0 Å². The molecule has 1 heterocycles. The maximum absolute atomic E-state index is 13.1. The van der Waals surface area contributed by atoms with Crippen LogP contribution in [0, 0.1) is 11.3 Å². The van der Waals surface area contributed by atoms with Gasteiger partial charge in [0.2, 0.25) is 0 Å². The lowest BCUT2D eigenvalue weighted by Crippen LogP contribution is -2.43. The first kappa shape index (κ1) is 22.9. The molecule has 1 aliphatic rings. The number of esters is 1. The fourth-order valence-electron chi connectivity index (χ4n) is 3.81. The smallest absolute Gasteiger partial charge is 0.307 e. The van der Waals surface area contributed by atoms with E-state index in [1.165, 1.54) is 7.11 Å². The third-order valence-electron chi connectivity index (χ3n) is 5.48. The highest BCUT2D eigenvalue weighted by Crippen LogP contribution is 2.39. The van der Waals surface area contributed by atoms with Gasteiger partial charge in [-0.15, -0.1) is 0 Å². The van der Waals surface area contributed by atoms with Crippen LogP contribution in [0.5, 0.6) is 17.2 Å². The van der Waals surface area contributed by atoms with E-state index in [9.17, 15) is 9.59 Å². The quantitative estimate of drug-likeness (QED) is 0.585. The highest BCUT2D eigenvalue weighted by atomic mass is 16.5. The topological polar surface area (TPSA) is 98.1 Å². The Morgan fingerprint density at radius 1 is 1.09 bits per heavy atom. The number of amides is 1. The maximum atomic E-state index is 13.1. The SMILES string of the molecule is COC(=O)CC1c2cc(OC)c(OC)cc2CCN1C(=O)COc1ccc(CC#N)cc1. The maximum Gasteiger partial charge on any atom is 0.307 e. The molecule has 168 valence electrons. The van der Waals surface area contributed by atoms with Gasteiger partial charge in [-0.1, -0.05) is 12.1 Å². The van der Waals surface area contributed by atoms with Crippen molar-refractivity contribution < 1.29 is 28.5 Å². The van der Waals surface area contributed by atoms with Crippen molar-refractivity contribution in [3.63, 3.8) is 0 Å². The summed E-state index contributed by atoms with van der Waals surface area (Å²) < 4.78 is 21.3. The normalized spacial score (nSPS) is 14.7. The molecule has 0 aromatic heterocycles.